The largest absolute Gasteiger partial charge is 0.493 e. The molecule has 0 spiro atoms. The Morgan fingerprint density at radius 3 is 2.24 bits per heavy atom. The number of hydrogen-bond acceptors (Lipinski definition) is 5. The molecule has 6 nitrogen and oxygen atoms in total. The van der Waals surface area contributed by atoms with Crippen molar-refractivity contribution in [1.82, 2.24) is 4.90 Å². The van der Waals surface area contributed by atoms with Crippen molar-refractivity contribution in [3.8, 4) is 11.5 Å². The molecule has 0 aromatic heterocycles. The molecule has 0 aliphatic rings. The van der Waals surface area contributed by atoms with E-state index in [9.17, 15) is 8.42 Å². The predicted octanol–water partition coefficient (Wildman–Crippen LogP) is 4.32. The number of benzene rings is 2. The summed E-state index contributed by atoms with van der Waals surface area (Å²) >= 11 is 11.8. The van der Waals surface area contributed by atoms with Crippen molar-refractivity contribution >= 4 is 38.9 Å². The second kappa shape index (κ2) is 10.9. The third kappa shape index (κ3) is 7.93. The topological polar surface area (TPSA) is 67.9 Å². The maximum absolute atomic E-state index is 12.3. The van der Waals surface area contributed by atoms with Crippen molar-refractivity contribution < 1.29 is 17.9 Å². The Labute approximate surface area is 182 Å². The van der Waals surface area contributed by atoms with Crippen LogP contribution < -0.4 is 14.2 Å². The number of halogens is 2. The first-order chi connectivity index (χ1) is 13.7. The SMILES string of the molecule is COc1ccc(CCN(C)CCCS(=O)(=O)Nc2cc(Cl)cc(Cl)c2)cc1OC. The second-order valence-electron chi connectivity index (χ2n) is 6.68. The van der Waals surface area contributed by atoms with E-state index in [0.29, 0.717) is 40.2 Å². The summed E-state index contributed by atoms with van der Waals surface area (Å²) in [5, 5.41) is 0.759. The Morgan fingerprint density at radius 2 is 1.62 bits per heavy atom. The third-order valence-electron chi connectivity index (χ3n) is 4.32. The number of anilines is 1. The zero-order valence-corrected chi connectivity index (χ0v) is 19.1. The predicted molar refractivity (Wildman–Crippen MR) is 119 cm³/mol. The number of nitrogens with zero attached hydrogens (tertiary/aromatic N) is 1. The van der Waals surface area contributed by atoms with Crippen molar-refractivity contribution in [2.24, 2.45) is 0 Å². The second-order valence-corrected chi connectivity index (χ2v) is 9.39. The first kappa shape index (κ1) is 23.6. The lowest BCUT2D eigenvalue weighted by Gasteiger charge is -2.17. The first-order valence-corrected chi connectivity index (χ1v) is 11.5. The molecule has 0 fully saturated rings. The fourth-order valence-electron chi connectivity index (χ4n) is 2.84. The standard InChI is InChI=1S/C20H26Cl2N2O4S/c1-24(9-7-15-5-6-19(27-2)20(11-15)28-3)8-4-10-29(25,26)23-18-13-16(21)12-17(22)14-18/h5-6,11-14,23H,4,7-10H2,1-3H3. The highest BCUT2D eigenvalue weighted by molar-refractivity contribution is 7.92. The van der Waals surface area contributed by atoms with Crippen molar-refractivity contribution in [2.45, 2.75) is 12.8 Å². The number of ether oxygens (including phenoxy) is 2. The highest BCUT2D eigenvalue weighted by atomic mass is 35.5. The number of likely N-dealkylation sites (N-methyl/N-ethyl adjacent to an activating group) is 1. The quantitative estimate of drug-likeness (QED) is 0.540. The minimum atomic E-state index is -3.47. The number of sulfonamides is 1. The zero-order chi connectivity index (χ0) is 21.4. The van der Waals surface area contributed by atoms with Crippen LogP contribution in [0.2, 0.25) is 10.0 Å². The molecule has 160 valence electrons. The fourth-order valence-corrected chi connectivity index (χ4v) is 4.45. The van der Waals surface area contributed by atoms with Crippen LogP contribution in [0.4, 0.5) is 5.69 Å². The highest BCUT2D eigenvalue weighted by Crippen LogP contribution is 2.27. The molecule has 0 atom stereocenters. The molecule has 0 unspecified atom stereocenters. The summed E-state index contributed by atoms with van der Waals surface area (Å²) < 4.78 is 37.6. The Kier molecular flexibility index (Phi) is 8.89. The van der Waals surface area contributed by atoms with Crippen LogP contribution >= 0.6 is 23.2 Å². The number of nitrogens with one attached hydrogen (secondary N) is 1. The molecule has 2 rings (SSSR count). The fraction of sp³-hybridized carbons (Fsp3) is 0.400. The molecule has 2 aromatic rings. The van der Waals surface area contributed by atoms with Crippen molar-refractivity contribution in [1.29, 1.82) is 0 Å². The van der Waals surface area contributed by atoms with E-state index in [2.05, 4.69) is 9.62 Å². The summed E-state index contributed by atoms with van der Waals surface area (Å²) in [7, 11) is 1.71. The number of rotatable bonds is 11. The molecule has 0 saturated heterocycles. The van der Waals surface area contributed by atoms with Gasteiger partial charge in [-0.3, -0.25) is 4.72 Å². The van der Waals surface area contributed by atoms with Crippen LogP contribution in [0.25, 0.3) is 0 Å². The van der Waals surface area contributed by atoms with Gasteiger partial charge >= 0.3 is 0 Å². The number of hydrogen-bond donors (Lipinski definition) is 1. The van der Waals surface area contributed by atoms with E-state index in [0.717, 1.165) is 18.5 Å². The van der Waals surface area contributed by atoms with Gasteiger partial charge in [0, 0.05) is 16.6 Å². The lowest BCUT2D eigenvalue weighted by Crippen LogP contribution is -2.25. The van der Waals surface area contributed by atoms with Gasteiger partial charge in [0.05, 0.1) is 25.7 Å². The molecule has 0 saturated carbocycles. The third-order valence-corrected chi connectivity index (χ3v) is 6.13. The Bertz CT molecular complexity index is 902. The molecule has 0 aliphatic heterocycles. The highest BCUT2D eigenvalue weighted by Gasteiger charge is 2.12. The molecule has 0 radical (unpaired) electrons. The number of methoxy groups -OCH3 is 2. The van der Waals surface area contributed by atoms with Gasteiger partial charge in [0.1, 0.15) is 0 Å². The van der Waals surface area contributed by atoms with Gasteiger partial charge in [-0.05, 0) is 62.3 Å². The van der Waals surface area contributed by atoms with E-state index in [4.69, 9.17) is 32.7 Å². The lowest BCUT2D eigenvalue weighted by molar-refractivity contribution is 0.337. The summed E-state index contributed by atoms with van der Waals surface area (Å²) in [6, 6.07) is 10.4. The average Bonchev–Trinajstić information content (AvgIpc) is 2.64. The average molecular weight is 461 g/mol. The summed E-state index contributed by atoms with van der Waals surface area (Å²) in [4.78, 5) is 2.10. The molecule has 0 amide bonds. The van der Waals surface area contributed by atoms with Crippen LogP contribution in [0.3, 0.4) is 0 Å². The van der Waals surface area contributed by atoms with Crippen LogP contribution in [0.5, 0.6) is 11.5 Å². The van der Waals surface area contributed by atoms with Gasteiger partial charge in [-0.2, -0.15) is 0 Å². The normalized spacial score (nSPS) is 11.5. The molecule has 0 bridgehead atoms. The zero-order valence-electron chi connectivity index (χ0n) is 16.7. The summed E-state index contributed by atoms with van der Waals surface area (Å²) in [5.74, 6) is 1.41. The van der Waals surface area contributed by atoms with Crippen LogP contribution in [0, 0.1) is 0 Å². The van der Waals surface area contributed by atoms with Crippen molar-refractivity contribution in [3.05, 3.63) is 52.0 Å². The molecular formula is C20H26Cl2N2O4S. The van der Waals surface area contributed by atoms with Crippen LogP contribution in [-0.2, 0) is 16.4 Å². The molecular weight excluding hydrogens is 435 g/mol. The van der Waals surface area contributed by atoms with Gasteiger partial charge < -0.3 is 14.4 Å². The van der Waals surface area contributed by atoms with E-state index in [1.807, 2.05) is 25.2 Å². The summed E-state index contributed by atoms with van der Waals surface area (Å²) in [6.07, 6.45) is 1.33. The van der Waals surface area contributed by atoms with Crippen molar-refractivity contribution in [2.75, 3.05) is 44.8 Å². The monoisotopic (exact) mass is 460 g/mol. The molecule has 1 N–H and O–H groups in total. The van der Waals surface area contributed by atoms with E-state index in [1.165, 1.54) is 12.1 Å². The Balaban J connectivity index is 1.79. The molecule has 0 heterocycles. The minimum Gasteiger partial charge on any atom is -0.493 e. The van der Waals surface area contributed by atoms with Crippen LogP contribution in [0.15, 0.2) is 36.4 Å². The van der Waals surface area contributed by atoms with E-state index in [-0.39, 0.29) is 5.75 Å². The van der Waals surface area contributed by atoms with E-state index >= 15 is 0 Å². The van der Waals surface area contributed by atoms with Gasteiger partial charge in [-0.15, -0.1) is 0 Å². The van der Waals surface area contributed by atoms with E-state index in [1.54, 1.807) is 20.3 Å². The van der Waals surface area contributed by atoms with Gasteiger partial charge in [-0.1, -0.05) is 29.3 Å². The maximum Gasteiger partial charge on any atom is 0.232 e. The summed E-state index contributed by atoms with van der Waals surface area (Å²) in [5.41, 5.74) is 1.49. The van der Waals surface area contributed by atoms with Gasteiger partial charge in [0.25, 0.3) is 0 Å². The Morgan fingerprint density at radius 1 is 0.966 bits per heavy atom. The minimum absolute atomic E-state index is 0.0117. The van der Waals surface area contributed by atoms with Gasteiger partial charge in [0.2, 0.25) is 10.0 Å². The van der Waals surface area contributed by atoms with Gasteiger partial charge in [0.15, 0.2) is 11.5 Å². The molecule has 9 heteroatoms. The molecule has 29 heavy (non-hydrogen) atoms. The van der Waals surface area contributed by atoms with Gasteiger partial charge in [-0.25, -0.2) is 8.42 Å². The molecule has 0 aliphatic carbocycles. The molecule has 2 aromatic carbocycles. The smallest absolute Gasteiger partial charge is 0.232 e. The van der Waals surface area contributed by atoms with Crippen LogP contribution in [0.1, 0.15) is 12.0 Å². The summed E-state index contributed by atoms with van der Waals surface area (Å²) in [6.45, 7) is 1.46. The lowest BCUT2D eigenvalue weighted by atomic mass is 10.1. The first-order valence-electron chi connectivity index (χ1n) is 9.08. The Hall–Kier alpha value is -1.67. The van der Waals surface area contributed by atoms with Crippen molar-refractivity contribution in [3.63, 3.8) is 0 Å². The van der Waals surface area contributed by atoms with E-state index < -0.39 is 10.0 Å². The maximum atomic E-state index is 12.3. The van der Waals surface area contributed by atoms with Crippen LogP contribution in [-0.4, -0.2) is 53.4 Å².